The van der Waals surface area contributed by atoms with Crippen LogP contribution in [0.3, 0.4) is 0 Å². The molecule has 1 saturated heterocycles. The summed E-state index contributed by atoms with van der Waals surface area (Å²) in [6, 6.07) is 4.50. The molecule has 2 aromatic heterocycles. The third kappa shape index (κ3) is 2.54. The number of hydrogen-bond acceptors (Lipinski definition) is 4. The molecule has 0 saturated carbocycles. The number of nitrogens with one attached hydrogen (secondary N) is 1. The van der Waals surface area contributed by atoms with E-state index in [0.29, 0.717) is 17.8 Å². The predicted octanol–water partition coefficient (Wildman–Crippen LogP) is 2.40. The Labute approximate surface area is 141 Å². The zero-order chi connectivity index (χ0) is 16.7. The molecule has 4 rings (SSSR count). The van der Waals surface area contributed by atoms with Crippen LogP contribution >= 0.6 is 11.6 Å². The minimum atomic E-state index is -0.471. The normalized spacial score (nSPS) is 14.7. The fourth-order valence-corrected chi connectivity index (χ4v) is 3.31. The third-order valence-electron chi connectivity index (χ3n) is 4.30. The van der Waals surface area contributed by atoms with Crippen LogP contribution in [0.5, 0.6) is 0 Å². The van der Waals surface area contributed by atoms with Gasteiger partial charge in [-0.1, -0.05) is 17.7 Å². The Balaban J connectivity index is 1.85. The summed E-state index contributed by atoms with van der Waals surface area (Å²) in [5.74, 6) is 0.710. The molecule has 8 heteroatoms. The van der Waals surface area contributed by atoms with E-state index in [1.807, 2.05) is 0 Å². The summed E-state index contributed by atoms with van der Waals surface area (Å²) in [6.45, 7) is 1.77. The van der Waals surface area contributed by atoms with Gasteiger partial charge in [0, 0.05) is 19.5 Å². The van der Waals surface area contributed by atoms with Crippen LogP contribution in [0.4, 0.5) is 10.2 Å². The Hall–Kier alpha value is -2.41. The van der Waals surface area contributed by atoms with Crippen LogP contribution in [0.15, 0.2) is 29.3 Å². The Morgan fingerprint density at radius 2 is 2.08 bits per heavy atom. The number of rotatable bonds is 3. The van der Waals surface area contributed by atoms with Gasteiger partial charge in [-0.2, -0.15) is 14.6 Å². The highest BCUT2D eigenvalue weighted by Gasteiger charge is 2.21. The molecule has 3 heterocycles. The Morgan fingerprint density at radius 1 is 1.29 bits per heavy atom. The third-order valence-corrected chi connectivity index (χ3v) is 4.59. The summed E-state index contributed by atoms with van der Waals surface area (Å²) in [4.78, 5) is 22.3. The van der Waals surface area contributed by atoms with E-state index in [4.69, 9.17) is 11.6 Å². The van der Waals surface area contributed by atoms with Crippen LogP contribution < -0.4 is 10.5 Å². The van der Waals surface area contributed by atoms with Crippen molar-refractivity contribution in [3.05, 3.63) is 56.8 Å². The summed E-state index contributed by atoms with van der Waals surface area (Å²) < 4.78 is 14.6. The van der Waals surface area contributed by atoms with Gasteiger partial charge in [0.15, 0.2) is 0 Å². The largest absolute Gasteiger partial charge is 0.358 e. The number of halogens is 2. The number of nitrogens with zero attached hydrogens (tertiary/aromatic N) is 4. The number of fused-ring (bicyclic) bond motifs is 1. The zero-order valence-corrected chi connectivity index (χ0v) is 13.6. The lowest BCUT2D eigenvalue weighted by atomic mass is 10.1. The van der Waals surface area contributed by atoms with Gasteiger partial charge >= 0.3 is 0 Å². The molecule has 1 aliphatic heterocycles. The maximum Gasteiger partial charge on any atom is 0.281 e. The van der Waals surface area contributed by atoms with Gasteiger partial charge in [-0.15, -0.1) is 0 Å². The van der Waals surface area contributed by atoms with Crippen LogP contribution in [-0.2, 0) is 6.42 Å². The Kier molecular flexibility index (Phi) is 3.72. The lowest BCUT2D eigenvalue weighted by Crippen LogP contribution is -2.28. The van der Waals surface area contributed by atoms with Gasteiger partial charge in [-0.3, -0.25) is 4.79 Å². The van der Waals surface area contributed by atoms with Gasteiger partial charge in [0.2, 0.25) is 5.78 Å². The molecule has 3 aromatic rings. The highest BCUT2D eigenvalue weighted by Crippen LogP contribution is 2.24. The second-order valence-electron chi connectivity index (χ2n) is 5.87. The molecule has 0 amide bonds. The maximum atomic E-state index is 13.4. The average molecular weight is 348 g/mol. The van der Waals surface area contributed by atoms with Crippen molar-refractivity contribution in [2.75, 3.05) is 18.0 Å². The van der Waals surface area contributed by atoms with Gasteiger partial charge in [-0.05, 0) is 30.5 Å². The molecule has 124 valence electrons. The van der Waals surface area contributed by atoms with Crippen LogP contribution in [0, 0.1) is 5.82 Å². The van der Waals surface area contributed by atoms with Crippen molar-refractivity contribution < 1.29 is 4.39 Å². The van der Waals surface area contributed by atoms with Gasteiger partial charge < -0.3 is 9.88 Å². The summed E-state index contributed by atoms with van der Waals surface area (Å²) in [5.41, 5.74) is 1.13. The molecular formula is C16H15ClFN5O. The number of H-pyrrole nitrogens is 1. The Bertz CT molecular complexity index is 961. The fourth-order valence-electron chi connectivity index (χ4n) is 3.11. The molecule has 6 nitrogen and oxygen atoms in total. The summed E-state index contributed by atoms with van der Waals surface area (Å²) in [7, 11) is 0. The molecule has 0 spiro atoms. The average Bonchev–Trinajstić information content (AvgIpc) is 3.24. The number of aromatic nitrogens is 4. The van der Waals surface area contributed by atoms with Gasteiger partial charge in [0.1, 0.15) is 18.0 Å². The van der Waals surface area contributed by atoms with Crippen molar-refractivity contribution >= 4 is 23.2 Å². The second-order valence-corrected chi connectivity index (χ2v) is 6.28. The van der Waals surface area contributed by atoms with Crippen molar-refractivity contribution in [2.24, 2.45) is 0 Å². The minimum absolute atomic E-state index is 0.0495. The molecule has 1 N–H and O–H groups in total. The summed E-state index contributed by atoms with van der Waals surface area (Å²) in [6.07, 6.45) is 3.86. The molecule has 0 radical (unpaired) electrons. The molecule has 0 unspecified atom stereocenters. The quantitative estimate of drug-likeness (QED) is 0.790. The van der Waals surface area contributed by atoms with Crippen LogP contribution in [0.1, 0.15) is 24.0 Å². The number of aromatic amines is 1. The summed E-state index contributed by atoms with van der Waals surface area (Å²) in [5, 5.41) is 4.03. The lowest BCUT2D eigenvalue weighted by molar-refractivity contribution is 0.627. The van der Waals surface area contributed by atoms with Crippen molar-refractivity contribution in [2.45, 2.75) is 19.3 Å². The van der Waals surface area contributed by atoms with Crippen molar-refractivity contribution in [1.82, 2.24) is 19.6 Å². The number of hydrogen-bond donors (Lipinski definition) is 1. The van der Waals surface area contributed by atoms with E-state index in [1.54, 1.807) is 12.1 Å². The standard InChI is InChI=1S/C16H15ClFN5O/c17-12-8-10(3-4-13(12)18)7-11-14(22-5-1-2-6-22)21-16-19-9-20-23(16)15(11)24/h3-4,8-9H,1-2,5-7H2,(H,19,20,21). The number of anilines is 1. The predicted molar refractivity (Wildman–Crippen MR) is 89.3 cm³/mol. The molecule has 1 aromatic carbocycles. The molecular weight excluding hydrogens is 333 g/mol. The monoisotopic (exact) mass is 347 g/mol. The first kappa shape index (κ1) is 15.1. The van der Waals surface area contributed by atoms with E-state index in [2.05, 4.69) is 20.0 Å². The van der Waals surface area contributed by atoms with Gasteiger partial charge in [-0.25, -0.2) is 4.39 Å². The van der Waals surface area contributed by atoms with Crippen LogP contribution in [0.25, 0.3) is 5.78 Å². The lowest BCUT2D eigenvalue weighted by Gasteiger charge is -2.20. The molecule has 24 heavy (non-hydrogen) atoms. The van der Waals surface area contributed by atoms with Crippen LogP contribution in [-0.4, -0.2) is 32.7 Å². The van der Waals surface area contributed by atoms with E-state index in [9.17, 15) is 9.18 Å². The van der Waals surface area contributed by atoms with Gasteiger partial charge in [0.25, 0.3) is 5.56 Å². The first-order chi connectivity index (χ1) is 11.6. The summed E-state index contributed by atoms with van der Waals surface area (Å²) >= 11 is 5.87. The van der Waals surface area contributed by atoms with E-state index in [1.165, 1.54) is 16.9 Å². The number of benzene rings is 1. The van der Waals surface area contributed by atoms with E-state index in [-0.39, 0.29) is 10.6 Å². The van der Waals surface area contributed by atoms with Crippen molar-refractivity contribution in [3.8, 4) is 0 Å². The second kappa shape index (κ2) is 5.90. The maximum absolute atomic E-state index is 13.4. The van der Waals surface area contributed by atoms with Gasteiger partial charge in [0.05, 0.1) is 10.6 Å². The smallest absolute Gasteiger partial charge is 0.281 e. The SMILES string of the molecule is O=c1c(Cc2ccc(F)c(Cl)c2)c(N2CCCC2)[nH]c2ncnn12. The van der Waals surface area contributed by atoms with E-state index >= 15 is 0 Å². The van der Waals surface area contributed by atoms with Crippen molar-refractivity contribution in [1.29, 1.82) is 0 Å². The first-order valence-corrected chi connectivity index (χ1v) is 8.15. The van der Waals surface area contributed by atoms with Crippen LogP contribution in [0.2, 0.25) is 5.02 Å². The molecule has 0 aliphatic carbocycles. The van der Waals surface area contributed by atoms with E-state index < -0.39 is 5.82 Å². The zero-order valence-electron chi connectivity index (χ0n) is 12.8. The highest BCUT2D eigenvalue weighted by atomic mass is 35.5. The molecule has 0 atom stereocenters. The Morgan fingerprint density at radius 3 is 2.83 bits per heavy atom. The fraction of sp³-hybridized carbons (Fsp3) is 0.312. The molecule has 1 fully saturated rings. The van der Waals surface area contributed by atoms with E-state index in [0.717, 1.165) is 37.3 Å². The molecule has 0 bridgehead atoms. The minimum Gasteiger partial charge on any atom is -0.358 e. The highest BCUT2D eigenvalue weighted by molar-refractivity contribution is 6.30. The topological polar surface area (TPSA) is 66.3 Å². The first-order valence-electron chi connectivity index (χ1n) is 7.77. The molecule has 1 aliphatic rings. The van der Waals surface area contributed by atoms with Crippen molar-refractivity contribution in [3.63, 3.8) is 0 Å².